The van der Waals surface area contributed by atoms with Gasteiger partial charge < -0.3 is 4.74 Å². The molecule has 1 fully saturated rings. The highest BCUT2D eigenvalue weighted by molar-refractivity contribution is 5.12. The fourth-order valence-corrected chi connectivity index (χ4v) is 2.53. The van der Waals surface area contributed by atoms with Crippen molar-refractivity contribution in [1.29, 1.82) is 0 Å². The highest BCUT2D eigenvalue weighted by Gasteiger charge is 2.34. The molecular weight excluding hydrogens is 204 g/mol. The molecule has 90 valence electrons. The van der Waals surface area contributed by atoms with Crippen LogP contribution in [-0.2, 0) is 11.8 Å². The Kier molecular flexibility index (Phi) is 3.58. The Labute approximate surface area is 95.9 Å². The van der Waals surface area contributed by atoms with Crippen molar-refractivity contribution >= 4 is 0 Å². The van der Waals surface area contributed by atoms with Gasteiger partial charge in [-0.15, -0.1) is 0 Å². The molecule has 3 atom stereocenters. The summed E-state index contributed by atoms with van der Waals surface area (Å²) < 4.78 is 7.51. The van der Waals surface area contributed by atoms with Gasteiger partial charge >= 0.3 is 0 Å². The summed E-state index contributed by atoms with van der Waals surface area (Å²) >= 11 is 0. The van der Waals surface area contributed by atoms with Crippen LogP contribution in [0, 0.1) is 5.92 Å². The van der Waals surface area contributed by atoms with Crippen molar-refractivity contribution in [2.75, 3.05) is 6.61 Å². The van der Waals surface area contributed by atoms with Crippen molar-refractivity contribution in [3.63, 3.8) is 0 Å². The molecule has 5 heteroatoms. The number of nitrogens with zero attached hydrogens (tertiary/aromatic N) is 2. The topological polar surface area (TPSA) is 65.1 Å². The minimum absolute atomic E-state index is 0.140. The van der Waals surface area contributed by atoms with Crippen LogP contribution in [0.1, 0.15) is 31.4 Å². The maximum absolute atomic E-state index is 5.70. The molecule has 0 aromatic carbocycles. The number of hydrogen-bond acceptors (Lipinski definition) is 4. The van der Waals surface area contributed by atoms with Crippen LogP contribution in [-0.4, -0.2) is 22.5 Å². The van der Waals surface area contributed by atoms with Crippen LogP contribution in [0.2, 0.25) is 0 Å². The van der Waals surface area contributed by atoms with E-state index in [9.17, 15) is 0 Å². The zero-order chi connectivity index (χ0) is 11.5. The first kappa shape index (κ1) is 11.6. The van der Waals surface area contributed by atoms with E-state index in [1.54, 1.807) is 4.68 Å². The van der Waals surface area contributed by atoms with Gasteiger partial charge in [-0.05, 0) is 12.8 Å². The van der Waals surface area contributed by atoms with Crippen molar-refractivity contribution in [1.82, 2.24) is 15.2 Å². The molecule has 3 N–H and O–H groups in total. The molecule has 1 saturated heterocycles. The number of hydrazine groups is 1. The summed E-state index contributed by atoms with van der Waals surface area (Å²) in [7, 11) is 1.92. The lowest BCUT2D eigenvalue weighted by molar-refractivity contribution is 0.0774. The number of nitrogens with one attached hydrogen (secondary N) is 1. The Morgan fingerprint density at radius 3 is 3.12 bits per heavy atom. The number of rotatable bonds is 4. The molecule has 1 aromatic rings. The number of nitrogens with two attached hydrogens (primary N) is 1. The molecule has 0 bridgehead atoms. The second-order valence-corrected chi connectivity index (χ2v) is 4.36. The first-order valence-corrected chi connectivity index (χ1v) is 5.82. The molecule has 2 heterocycles. The predicted molar refractivity (Wildman–Crippen MR) is 61.4 cm³/mol. The van der Waals surface area contributed by atoms with Crippen molar-refractivity contribution in [3.05, 3.63) is 18.0 Å². The number of hydrogen-bond donors (Lipinski definition) is 2. The predicted octanol–water partition coefficient (Wildman–Crippen LogP) is 0.740. The maximum atomic E-state index is 5.70. The first-order chi connectivity index (χ1) is 7.76. The highest BCUT2D eigenvalue weighted by Crippen LogP contribution is 2.34. The zero-order valence-corrected chi connectivity index (χ0v) is 9.89. The van der Waals surface area contributed by atoms with Gasteiger partial charge in [0.15, 0.2) is 0 Å². The van der Waals surface area contributed by atoms with Gasteiger partial charge in [0, 0.05) is 31.3 Å². The third kappa shape index (κ3) is 2.11. The van der Waals surface area contributed by atoms with Crippen LogP contribution in [0.5, 0.6) is 0 Å². The molecule has 0 spiro atoms. The molecule has 0 radical (unpaired) electrons. The molecule has 3 unspecified atom stereocenters. The molecule has 1 aliphatic rings. The van der Waals surface area contributed by atoms with Gasteiger partial charge in [0.2, 0.25) is 0 Å². The Bertz CT molecular complexity index is 338. The number of aromatic nitrogens is 2. The summed E-state index contributed by atoms with van der Waals surface area (Å²) in [4.78, 5) is 0. The monoisotopic (exact) mass is 224 g/mol. The van der Waals surface area contributed by atoms with Gasteiger partial charge in [-0.25, -0.2) is 0 Å². The first-order valence-electron chi connectivity index (χ1n) is 5.82. The third-order valence-electron chi connectivity index (χ3n) is 3.35. The van der Waals surface area contributed by atoms with E-state index >= 15 is 0 Å². The Morgan fingerprint density at radius 2 is 2.56 bits per heavy atom. The van der Waals surface area contributed by atoms with Crippen molar-refractivity contribution in [2.45, 2.75) is 31.9 Å². The van der Waals surface area contributed by atoms with Gasteiger partial charge in [-0.2, -0.15) is 5.10 Å². The summed E-state index contributed by atoms with van der Waals surface area (Å²) in [5, 5.41) is 4.19. The summed E-state index contributed by atoms with van der Waals surface area (Å²) in [5.74, 6) is 6.11. The van der Waals surface area contributed by atoms with Crippen LogP contribution in [0.15, 0.2) is 12.4 Å². The molecule has 1 aromatic heterocycles. The maximum Gasteiger partial charge on any atom is 0.0620 e. The molecule has 5 nitrogen and oxygen atoms in total. The van der Waals surface area contributed by atoms with E-state index in [1.807, 2.05) is 19.4 Å². The Morgan fingerprint density at radius 1 is 1.75 bits per heavy atom. The van der Waals surface area contributed by atoms with Gasteiger partial charge in [0.25, 0.3) is 0 Å². The average Bonchev–Trinajstić information content (AvgIpc) is 2.89. The van der Waals surface area contributed by atoms with Gasteiger partial charge in [-0.1, -0.05) is 6.92 Å². The smallest absolute Gasteiger partial charge is 0.0620 e. The van der Waals surface area contributed by atoms with Gasteiger partial charge in [0.05, 0.1) is 18.3 Å². The number of ether oxygens (including phenoxy) is 1. The van der Waals surface area contributed by atoms with Crippen LogP contribution in [0.4, 0.5) is 0 Å². The van der Waals surface area contributed by atoms with Crippen LogP contribution < -0.4 is 11.3 Å². The van der Waals surface area contributed by atoms with E-state index in [4.69, 9.17) is 10.6 Å². The van der Waals surface area contributed by atoms with Crippen molar-refractivity contribution < 1.29 is 4.74 Å². The summed E-state index contributed by atoms with van der Waals surface area (Å²) in [6.45, 7) is 2.99. The summed E-state index contributed by atoms with van der Waals surface area (Å²) in [5.41, 5.74) is 4.04. The lowest BCUT2D eigenvalue weighted by atomic mass is 9.88. The molecule has 0 saturated carbocycles. The molecular formula is C11H20N4O. The summed E-state index contributed by atoms with van der Waals surface area (Å²) in [6, 6.07) is 0.140. The minimum Gasteiger partial charge on any atom is -0.378 e. The fourth-order valence-electron chi connectivity index (χ4n) is 2.53. The second kappa shape index (κ2) is 4.95. The quantitative estimate of drug-likeness (QED) is 0.585. The normalized spacial score (nSPS) is 27.2. The molecule has 16 heavy (non-hydrogen) atoms. The van der Waals surface area contributed by atoms with Crippen LogP contribution in [0.25, 0.3) is 0 Å². The Hall–Kier alpha value is -0.910. The van der Waals surface area contributed by atoms with Crippen molar-refractivity contribution in [2.24, 2.45) is 18.8 Å². The number of aryl methyl sites for hydroxylation is 1. The third-order valence-corrected chi connectivity index (χ3v) is 3.35. The Balaban J connectivity index is 2.15. The zero-order valence-electron chi connectivity index (χ0n) is 9.89. The average molecular weight is 224 g/mol. The van der Waals surface area contributed by atoms with E-state index in [-0.39, 0.29) is 6.04 Å². The highest BCUT2D eigenvalue weighted by atomic mass is 16.5. The SMILES string of the molecule is CCC1OCCC1C(NN)c1cnn(C)c1. The van der Waals surface area contributed by atoms with E-state index < -0.39 is 0 Å². The van der Waals surface area contributed by atoms with Gasteiger partial charge in [0.1, 0.15) is 0 Å². The molecule has 0 amide bonds. The largest absolute Gasteiger partial charge is 0.378 e. The van der Waals surface area contributed by atoms with Crippen LogP contribution >= 0.6 is 0 Å². The fraction of sp³-hybridized carbons (Fsp3) is 0.727. The lowest BCUT2D eigenvalue weighted by Gasteiger charge is -2.25. The van der Waals surface area contributed by atoms with Gasteiger partial charge in [-0.3, -0.25) is 16.0 Å². The van der Waals surface area contributed by atoms with E-state index in [1.165, 1.54) is 0 Å². The van der Waals surface area contributed by atoms with E-state index in [0.29, 0.717) is 12.0 Å². The van der Waals surface area contributed by atoms with E-state index in [2.05, 4.69) is 17.4 Å². The molecule has 1 aliphatic heterocycles. The molecule has 2 rings (SSSR count). The molecule has 0 aliphatic carbocycles. The minimum atomic E-state index is 0.140. The lowest BCUT2D eigenvalue weighted by Crippen LogP contribution is -2.36. The van der Waals surface area contributed by atoms with E-state index in [0.717, 1.165) is 25.0 Å². The van der Waals surface area contributed by atoms with Crippen LogP contribution in [0.3, 0.4) is 0 Å². The second-order valence-electron chi connectivity index (χ2n) is 4.36. The summed E-state index contributed by atoms with van der Waals surface area (Å²) in [6.07, 6.45) is 6.28. The standard InChI is InChI=1S/C11H20N4O/c1-3-10-9(4-5-16-10)11(14-12)8-6-13-15(2)7-8/h6-7,9-11,14H,3-5,12H2,1-2H3. The van der Waals surface area contributed by atoms with Crippen molar-refractivity contribution in [3.8, 4) is 0 Å².